The molecular weight excluding hydrogens is 216 g/mol. The Morgan fingerprint density at radius 1 is 1.12 bits per heavy atom. The van der Waals surface area contributed by atoms with Crippen LogP contribution in [0.15, 0.2) is 0 Å². The first-order chi connectivity index (χ1) is 7.54. The second kappa shape index (κ2) is 7.23. The number of hydrogen-bond acceptors (Lipinski definition) is 6. The van der Waals surface area contributed by atoms with Gasteiger partial charge in [0.15, 0.2) is 0 Å². The minimum Gasteiger partial charge on any atom is -0.468 e. The second-order valence-electron chi connectivity index (χ2n) is 2.74. The van der Waals surface area contributed by atoms with Crippen LogP contribution in [0.25, 0.3) is 0 Å². The number of ether oxygens (including phenoxy) is 2. The minimum atomic E-state index is -0.671. The van der Waals surface area contributed by atoms with Crippen molar-refractivity contribution >= 4 is 17.8 Å². The number of rotatable bonds is 5. The van der Waals surface area contributed by atoms with E-state index < -0.39 is 24.3 Å². The Hall–Kier alpha value is -2.10. The summed E-state index contributed by atoms with van der Waals surface area (Å²) < 4.78 is 8.71. The molecule has 7 heteroatoms. The third-order valence-electron chi connectivity index (χ3n) is 1.68. The van der Waals surface area contributed by atoms with Crippen LogP contribution in [0.3, 0.4) is 0 Å². The van der Waals surface area contributed by atoms with Gasteiger partial charge in [-0.15, -0.1) is 0 Å². The molecule has 0 spiro atoms. The molecule has 0 atom stereocenters. The van der Waals surface area contributed by atoms with Gasteiger partial charge in [-0.25, -0.2) is 0 Å². The maximum atomic E-state index is 11.3. The van der Waals surface area contributed by atoms with E-state index in [1.165, 1.54) is 0 Å². The van der Waals surface area contributed by atoms with E-state index in [1.807, 2.05) is 0 Å². The van der Waals surface area contributed by atoms with Gasteiger partial charge in [0, 0.05) is 0 Å². The van der Waals surface area contributed by atoms with E-state index in [9.17, 15) is 14.4 Å². The van der Waals surface area contributed by atoms with Gasteiger partial charge in [0.25, 0.3) is 0 Å². The molecule has 0 aliphatic rings. The quantitative estimate of drug-likeness (QED) is 0.564. The van der Waals surface area contributed by atoms with Crippen molar-refractivity contribution < 1.29 is 23.9 Å². The number of amides is 1. The molecule has 88 valence electrons. The smallest absolute Gasteiger partial charge is 0.325 e. The number of carbonyl (C=O) groups excluding carboxylic acids is 3. The highest BCUT2D eigenvalue weighted by Crippen LogP contribution is 1.96. The summed E-state index contributed by atoms with van der Waals surface area (Å²) >= 11 is 0. The van der Waals surface area contributed by atoms with Crippen molar-refractivity contribution in [3.63, 3.8) is 0 Å². The lowest BCUT2D eigenvalue weighted by Gasteiger charge is -2.18. The Balaban J connectivity index is 4.50. The van der Waals surface area contributed by atoms with E-state index >= 15 is 0 Å². The van der Waals surface area contributed by atoms with Crippen LogP contribution in [0.2, 0.25) is 0 Å². The van der Waals surface area contributed by atoms with E-state index in [2.05, 4.69) is 9.47 Å². The Morgan fingerprint density at radius 3 is 1.88 bits per heavy atom. The summed E-state index contributed by atoms with van der Waals surface area (Å²) in [4.78, 5) is 34.1. The molecule has 7 nitrogen and oxygen atoms in total. The summed E-state index contributed by atoms with van der Waals surface area (Å²) in [5.41, 5.74) is 0. The Bertz CT molecular complexity index is 302. The van der Waals surface area contributed by atoms with Crippen LogP contribution >= 0.6 is 0 Å². The molecule has 0 aliphatic carbocycles. The van der Waals surface area contributed by atoms with Crippen molar-refractivity contribution in [1.29, 1.82) is 5.26 Å². The van der Waals surface area contributed by atoms with Gasteiger partial charge in [-0.05, 0) is 0 Å². The summed E-state index contributed by atoms with van der Waals surface area (Å²) in [5, 5.41) is 8.34. The molecule has 0 saturated carbocycles. The lowest BCUT2D eigenvalue weighted by atomic mass is 10.3. The Kier molecular flexibility index (Phi) is 6.28. The summed E-state index contributed by atoms with van der Waals surface area (Å²) in [7, 11) is 2.32. The highest BCUT2D eigenvalue weighted by molar-refractivity contribution is 5.86. The van der Waals surface area contributed by atoms with E-state index in [-0.39, 0.29) is 13.1 Å². The first kappa shape index (κ1) is 13.9. The zero-order chi connectivity index (χ0) is 12.6. The maximum absolute atomic E-state index is 11.3. The van der Waals surface area contributed by atoms with Crippen molar-refractivity contribution in [2.45, 2.75) is 6.42 Å². The fourth-order valence-corrected chi connectivity index (χ4v) is 0.852. The lowest BCUT2D eigenvalue weighted by molar-refractivity contribution is -0.151. The molecule has 0 heterocycles. The molecule has 0 aromatic carbocycles. The monoisotopic (exact) mass is 228 g/mol. The number of nitrogens with zero attached hydrogens (tertiary/aromatic N) is 2. The van der Waals surface area contributed by atoms with Crippen molar-refractivity contribution in [3.8, 4) is 6.07 Å². The highest BCUT2D eigenvalue weighted by atomic mass is 16.5. The average molecular weight is 228 g/mol. The summed E-state index contributed by atoms with van der Waals surface area (Å²) in [5.74, 6) is -1.97. The molecule has 0 saturated heterocycles. The molecule has 16 heavy (non-hydrogen) atoms. The van der Waals surface area contributed by atoms with Gasteiger partial charge < -0.3 is 14.4 Å². The molecular formula is C9H12N2O5. The molecule has 1 amide bonds. The van der Waals surface area contributed by atoms with Crippen LogP contribution in [0.5, 0.6) is 0 Å². The largest absolute Gasteiger partial charge is 0.468 e. The highest BCUT2D eigenvalue weighted by Gasteiger charge is 2.20. The zero-order valence-corrected chi connectivity index (χ0v) is 9.06. The van der Waals surface area contributed by atoms with Crippen LogP contribution in [-0.2, 0) is 23.9 Å². The average Bonchev–Trinajstić information content (AvgIpc) is 2.27. The van der Waals surface area contributed by atoms with Gasteiger partial charge in [0.1, 0.15) is 19.5 Å². The van der Waals surface area contributed by atoms with E-state index in [1.54, 1.807) is 6.07 Å². The molecule has 0 rings (SSSR count). The standard InChI is InChI=1S/C9H12N2O5/c1-15-8(13)5-11(6-9(14)16-2)7(12)3-4-10/h3,5-6H2,1-2H3. The predicted molar refractivity (Wildman–Crippen MR) is 50.8 cm³/mol. The van der Waals surface area contributed by atoms with Gasteiger partial charge in [-0.2, -0.15) is 5.26 Å². The SMILES string of the molecule is COC(=O)CN(CC(=O)OC)C(=O)CC#N. The third kappa shape index (κ3) is 4.95. The van der Waals surface area contributed by atoms with Gasteiger partial charge in [-0.3, -0.25) is 14.4 Å². The van der Waals surface area contributed by atoms with Crippen molar-refractivity contribution in [2.24, 2.45) is 0 Å². The number of esters is 2. The van der Waals surface area contributed by atoms with E-state index in [0.717, 1.165) is 19.1 Å². The van der Waals surface area contributed by atoms with Gasteiger partial charge in [0.2, 0.25) is 5.91 Å². The normalized spacial score (nSPS) is 8.81. The first-order valence-electron chi connectivity index (χ1n) is 4.33. The fourth-order valence-electron chi connectivity index (χ4n) is 0.852. The summed E-state index contributed by atoms with van der Waals surface area (Å²) in [6.45, 7) is -0.766. The Labute approximate surface area is 92.5 Å². The van der Waals surface area contributed by atoms with Crippen molar-refractivity contribution in [2.75, 3.05) is 27.3 Å². The van der Waals surface area contributed by atoms with Crippen LogP contribution in [-0.4, -0.2) is 50.1 Å². The molecule has 0 N–H and O–H groups in total. The molecule has 0 radical (unpaired) electrons. The number of methoxy groups -OCH3 is 2. The minimum absolute atomic E-state index is 0.383. The number of carbonyl (C=O) groups is 3. The van der Waals surface area contributed by atoms with Crippen LogP contribution in [0.4, 0.5) is 0 Å². The number of nitriles is 1. The van der Waals surface area contributed by atoms with Crippen LogP contribution in [0.1, 0.15) is 6.42 Å². The first-order valence-corrected chi connectivity index (χ1v) is 4.33. The molecule has 0 aromatic rings. The molecule has 0 aliphatic heterocycles. The molecule has 0 unspecified atom stereocenters. The summed E-state index contributed by atoms with van der Waals surface area (Å²) in [6, 6.07) is 1.64. The van der Waals surface area contributed by atoms with Gasteiger partial charge in [-0.1, -0.05) is 0 Å². The molecule has 0 aromatic heterocycles. The lowest BCUT2D eigenvalue weighted by Crippen LogP contribution is -2.39. The predicted octanol–water partition coefficient (Wildman–Crippen LogP) is -0.925. The van der Waals surface area contributed by atoms with Gasteiger partial charge in [0.05, 0.1) is 20.3 Å². The fraction of sp³-hybridized carbons (Fsp3) is 0.556. The second-order valence-corrected chi connectivity index (χ2v) is 2.74. The molecule has 0 bridgehead atoms. The van der Waals surface area contributed by atoms with Gasteiger partial charge >= 0.3 is 11.9 Å². The summed E-state index contributed by atoms with van der Waals surface area (Å²) in [6.07, 6.45) is -0.409. The van der Waals surface area contributed by atoms with E-state index in [4.69, 9.17) is 5.26 Å². The third-order valence-corrected chi connectivity index (χ3v) is 1.68. The Morgan fingerprint density at radius 2 is 1.56 bits per heavy atom. The maximum Gasteiger partial charge on any atom is 0.325 e. The zero-order valence-electron chi connectivity index (χ0n) is 9.06. The number of hydrogen-bond donors (Lipinski definition) is 0. The van der Waals surface area contributed by atoms with Crippen molar-refractivity contribution in [3.05, 3.63) is 0 Å². The van der Waals surface area contributed by atoms with E-state index in [0.29, 0.717) is 0 Å². The topological polar surface area (TPSA) is 96.7 Å². The van der Waals surface area contributed by atoms with Crippen molar-refractivity contribution in [1.82, 2.24) is 4.90 Å². The molecule has 0 fully saturated rings. The van der Waals surface area contributed by atoms with Crippen LogP contribution < -0.4 is 0 Å². The van der Waals surface area contributed by atoms with Crippen LogP contribution in [0, 0.1) is 11.3 Å².